The molecule has 3 aliphatic rings. The topological polar surface area (TPSA) is 40.5 Å². The zero-order valence-electron chi connectivity index (χ0n) is 9.10. The minimum absolute atomic E-state index is 0.129. The fourth-order valence-corrected chi connectivity index (χ4v) is 2.93. The van der Waals surface area contributed by atoms with E-state index in [1.165, 1.54) is 12.8 Å². The molecule has 0 aromatic heterocycles. The molecule has 2 aliphatic heterocycles. The van der Waals surface area contributed by atoms with Crippen LogP contribution in [-0.4, -0.2) is 23.7 Å². The lowest BCUT2D eigenvalue weighted by molar-refractivity contribution is -0.136. The first-order chi connectivity index (χ1) is 7.74. The lowest BCUT2D eigenvalue weighted by Crippen LogP contribution is -2.29. The molecule has 1 aromatic carbocycles. The molecular formula is C13H15NO2. The third-order valence-corrected chi connectivity index (χ3v) is 3.75. The second-order valence-corrected chi connectivity index (χ2v) is 4.84. The predicted octanol–water partition coefficient (Wildman–Crippen LogP) is 1.91. The Balaban J connectivity index is 1.90. The van der Waals surface area contributed by atoms with Gasteiger partial charge >= 0.3 is 5.97 Å². The fraction of sp³-hybridized carbons (Fsp3) is 0.462. The summed E-state index contributed by atoms with van der Waals surface area (Å²) in [4.78, 5) is 13.2. The van der Waals surface area contributed by atoms with E-state index in [-0.39, 0.29) is 6.42 Å². The van der Waals surface area contributed by atoms with E-state index in [1.54, 1.807) is 0 Å². The first-order valence-electron chi connectivity index (χ1n) is 5.80. The Kier molecular flexibility index (Phi) is 2.13. The Morgan fingerprint density at radius 2 is 2.12 bits per heavy atom. The van der Waals surface area contributed by atoms with Gasteiger partial charge in [0.15, 0.2) is 0 Å². The average Bonchev–Trinajstić information content (AvgIpc) is 2.75. The Hall–Kier alpha value is -1.51. The van der Waals surface area contributed by atoms with Gasteiger partial charge in [-0.1, -0.05) is 18.2 Å². The van der Waals surface area contributed by atoms with Crippen molar-refractivity contribution in [1.29, 1.82) is 0 Å². The van der Waals surface area contributed by atoms with Crippen LogP contribution in [0.5, 0.6) is 0 Å². The van der Waals surface area contributed by atoms with E-state index in [1.807, 2.05) is 18.2 Å². The first kappa shape index (κ1) is 9.70. The van der Waals surface area contributed by atoms with Gasteiger partial charge in [-0.15, -0.1) is 0 Å². The lowest BCUT2D eigenvalue weighted by Gasteiger charge is -2.28. The maximum Gasteiger partial charge on any atom is 0.307 e. The van der Waals surface area contributed by atoms with E-state index in [4.69, 9.17) is 5.11 Å². The molecular weight excluding hydrogens is 202 g/mol. The molecule has 2 heterocycles. The van der Waals surface area contributed by atoms with Gasteiger partial charge in [-0.3, -0.25) is 4.79 Å². The van der Waals surface area contributed by atoms with Crippen LogP contribution in [0.3, 0.4) is 0 Å². The molecule has 2 saturated heterocycles. The number of hydrogen-bond acceptors (Lipinski definition) is 2. The van der Waals surface area contributed by atoms with Gasteiger partial charge in [-0.05, 0) is 30.4 Å². The van der Waals surface area contributed by atoms with E-state index in [2.05, 4.69) is 11.0 Å². The number of carbonyl (C=O) groups is 1. The van der Waals surface area contributed by atoms with Gasteiger partial charge in [-0.2, -0.15) is 0 Å². The van der Waals surface area contributed by atoms with E-state index in [9.17, 15) is 4.79 Å². The van der Waals surface area contributed by atoms with Crippen LogP contribution in [0.15, 0.2) is 24.3 Å². The molecule has 0 atom stereocenters. The SMILES string of the molecule is O=C(O)Cc1ccccc1N1CC2CC1C2. The third kappa shape index (κ3) is 1.47. The summed E-state index contributed by atoms with van der Waals surface area (Å²) in [6.07, 6.45) is 2.72. The number of aliphatic carboxylic acids is 1. The van der Waals surface area contributed by atoms with Crippen LogP contribution in [0.4, 0.5) is 5.69 Å². The molecule has 3 nitrogen and oxygen atoms in total. The van der Waals surface area contributed by atoms with Crippen molar-refractivity contribution in [2.45, 2.75) is 25.3 Å². The normalized spacial score (nSPS) is 26.6. The number of hydrogen-bond donors (Lipinski definition) is 1. The van der Waals surface area contributed by atoms with Crippen LogP contribution < -0.4 is 4.90 Å². The number of benzene rings is 1. The Morgan fingerprint density at radius 3 is 2.75 bits per heavy atom. The van der Waals surface area contributed by atoms with Crippen molar-refractivity contribution in [3.8, 4) is 0 Å². The smallest absolute Gasteiger partial charge is 0.307 e. The average molecular weight is 217 g/mol. The van der Waals surface area contributed by atoms with Crippen molar-refractivity contribution in [1.82, 2.24) is 0 Å². The van der Waals surface area contributed by atoms with Crippen molar-refractivity contribution in [2.75, 3.05) is 11.4 Å². The summed E-state index contributed by atoms with van der Waals surface area (Å²) in [5, 5.41) is 8.89. The van der Waals surface area contributed by atoms with Gasteiger partial charge in [0.05, 0.1) is 6.42 Å². The number of fused-ring (bicyclic) bond motifs is 1. The number of para-hydroxylation sites is 1. The number of anilines is 1. The Labute approximate surface area is 94.7 Å². The van der Waals surface area contributed by atoms with Crippen LogP contribution in [0.2, 0.25) is 0 Å². The first-order valence-corrected chi connectivity index (χ1v) is 5.80. The van der Waals surface area contributed by atoms with Crippen LogP contribution in [-0.2, 0) is 11.2 Å². The minimum Gasteiger partial charge on any atom is -0.481 e. The molecule has 3 fully saturated rings. The quantitative estimate of drug-likeness (QED) is 0.840. The largest absolute Gasteiger partial charge is 0.481 e. The molecule has 0 amide bonds. The molecule has 4 rings (SSSR count). The monoisotopic (exact) mass is 217 g/mol. The summed E-state index contributed by atoms with van der Waals surface area (Å²) < 4.78 is 0. The minimum atomic E-state index is -0.751. The van der Waals surface area contributed by atoms with Gasteiger partial charge in [-0.25, -0.2) is 0 Å². The van der Waals surface area contributed by atoms with Crippen LogP contribution >= 0.6 is 0 Å². The zero-order chi connectivity index (χ0) is 11.1. The molecule has 1 aliphatic carbocycles. The molecule has 0 unspecified atom stereocenters. The molecule has 0 spiro atoms. The van der Waals surface area contributed by atoms with E-state index in [0.29, 0.717) is 6.04 Å². The summed E-state index contributed by atoms with van der Waals surface area (Å²) in [7, 11) is 0. The summed E-state index contributed by atoms with van der Waals surface area (Å²) in [6, 6.07) is 8.57. The molecule has 1 N–H and O–H groups in total. The third-order valence-electron chi connectivity index (χ3n) is 3.75. The van der Waals surface area contributed by atoms with E-state index >= 15 is 0 Å². The highest BCUT2D eigenvalue weighted by Gasteiger charge is 2.43. The standard InChI is InChI=1S/C13H15NO2/c15-13(16)7-10-3-1-2-4-12(10)14-8-9-5-11(14)6-9/h1-4,9,11H,5-8H2,(H,15,16). The second-order valence-electron chi connectivity index (χ2n) is 4.84. The van der Waals surface area contributed by atoms with Gasteiger partial charge in [0.1, 0.15) is 0 Å². The summed E-state index contributed by atoms with van der Waals surface area (Å²) in [5.41, 5.74) is 2.08. The second kappa shape index (κ2) is 3.51. The molecule has 84 valence electrons. The fourth-order valence-electron chi connectivity index (χ4n) is 2.93. The molecule has 2 bridgehead atoms. The molecule has 0 radical (unpaired) electrons. The number of nitrogens with zero attached hydrogens (tertiary/aromatic N) is 1. The zero-order valence-corrected chi connectivity index (χ0v) is 9.10. The van der Waals surface area contributed by atoms with Gasteiger partial charge in [0.2, 0.25) is 0 Å². The van der Waals surface area contributed by atoms with E-state index in [0.717, 1.165) is 23.7 Å². The van der Waals surface area contributed by atoms with Crippen molar-refractivity contribution in [3.05, 3.63) is 29.8 Å². The number of rotatable bonds is 3. The summed E-state index contributed by atoms with van der Waals surface area (Å²) in [5.74, 6) is 0.0990. The molecule has 16 heavy (non-hydrogen) atoms. The van der Waals surface area contributed by atoms with Crippen LogP contribution in [0, 0.1) is 5.92 Å². The number of carboxylic acids is 1. The predicted molar refractivity (Wildman–Crippen MR) is 61.6 cm³/mol. The van der Waals surface area contributed by atoms with Gasteiger partial charge in [0.25, 0.3) is 0 Å². The summed E-state index contributed by atoms with van der Waals surface area (Å²) >= 11 is 0. The van der Waals surface area contributed by atoms with E-state index < -0.39 is 5.97 Å². The van der Waals surface area contributed by atoms with Crippen LogP contribution in [0.1, 0.15) is 18.4 Å². The van der Waals surface area contributed by atoms with Gasteiger partial charge in [0, 0.05) is 18.3 Å². The lowest BCUT2D eigenvalue weighted by atomic mass is 9.86. The Bertz CT molecular complexity index is 424. The van der Waals surface area contributed by atoms with Crippen molar-refractivity contribution in [3.63, 3.8) is 0 Å². The Morgan fingerprint density at radius 1 is 1.38 bits per heavy atom. The highest BCUT2D eigenvalue weighted by Crippen LogP contribution is 2.44. The highest BCUT2D eigenvalue weighted by molar-refractivity contribution is 5.74. The highest BCUT2D eigenvalue weighted by atomic mass is 16.4. The van der Waals surface area contributed by atoms with Crippen LogP contribution in [0.25, 0.3) is 0 Å². The molecule has 1 saturated carbocycles. The van der Waals surface area contributed by atoms with Crippen molar-refractivity contribution in [2.24, 2.45) is 5.92 Å². The van der Waals surface area contributed by atoms with Gasteiger partial charge < -0.3 is 10.0 Å². The maximum absolute atomic E-state index is 10.8. The summed E-state index contributed by atoms with van der Waals surface area (Å²) in [6.45, 7) is 1.11. The van der Waals surface area contributed by atoms with Crippen molar-refractivity contribution >= 4 is 11.7 Å². The van der Waals surface area contributed by atoms with Crippen molar-refractivity contribution < 1.29 is 9.90 Å². The maximum atomic E-state index is 10.8. The number of carboxylic acid groups (broad SMARTS) is 1. The molecule has 3 heteroatoms. The molecule has 1 aromatic rings.